The maximum absolute atomic E-state index is 11.7. The number of anilines is 2. The first kappa shape index (κ1) is 15.8. The van der Waals surface area contributed by atoms with E-state index in [4.69, 9.17) is 16.6 Å². The predicted octanol–water partition coefficient (Wildman–Crippen LogP) is 2.87. The van der Waals surface area contributed by atoms with Gasteiger partial charge in [0.2, 0.25) is 5.91 Å². The van der Waals surface area contributed by atoms with Gasteiger partial charge in [0.15, 0.2) is 5.11 Å². The summed E-state index contributed by atoms with van der Waals surface area (Å²) in [4.78, 5) is 13.7. The summed E-state index contributed by atoms with van der Waals surface area (Å²) in [6, 6.07) is 11.2. The minimum absolute atomic E-state index is 0.242. The standard InChI is InChI=1S/C16H17N3O2S/c1-19(2)13-7-5-12(6-8-13)17-16(22)18-15(20)10-9-14-4-3-11-21-14/h3-11H,1-2H3,(H2,17,18,20,22). The molecule has 0 bridgehead atoms. The third-order valence-electron chi connectivity index (χ3n) is 2.82. The van der Waals surface area contributed by atoms with Gasteiger partial charge in [0.1, 0.15) is 5.76 Å². The third kappa shape index (κ3) is 4.75. The van der Waals surface area contributed by atoms with E-state index in [1.165, 1.54) is 6.08 Å². The van der Waals surface area contributed by atoms with Crippen LogP contribution >= 0.6 is 12.2 Å². The summed E-state index contributed by atoms with van der Waals surface area (Å²) in [6.45, 7) is 0. The van der Waals surface area contributed by atoms with Gasteiger partial charge < -0.3 is 14.6 Å². The minimum atomic E-state index is -0.321. The zero-order chi connectivity index (χ0) is 15.9. The van der Waals surface area contributed by atoms with E-state index in [9.17, 15) is 4.79 Å². The normalized spacial score (nSPS) is 10.5. The molecule has 1 heterocycles. The van der Waals surface area contributed by atoms with E-state index in [0.29, 0.717) is 5.76 Å². The lowest BCUT2D eigenvalue weighted by Crippen LogP contribution is -2.32. The van der Waals surface area contributed by atoms with Crippen molar-refractivity contribution in [2.75, 3.05) is 24.3 Å². The van der Waals surface area contributed by atoms with Gasteiger partial charge in [0.05, 0.1) is 6.26 Å². The van der Waals surface area contributed by atoms with Crippen LogP contribution in [0.15, 0.2) is 53.2 Å². The SMILES string of the molecule is CN(C)c1ccc(NC(=S)NC(=O)C=Cc2ccco2)cc1. The van der Waals surface area contributed by atoms with Gasteiger partial charge in [0, 0.05) is 31.5 Å². The van der Waals surface area contributed by atoms with E-state index < -0.39 is 0 Å². The van der Waals surface area contributed by atoms with Gasteiger partial charge in [-0.2, -0.15) is 0 Å². The lowest BCUT2D eigenvalue weighted by Gasteiger charge is -2.13. The molecule has 2 N–H and O–H groups in total. The Balaban J connectivity index is 1.85. The highest BCUT2D eigenvalue weighted by Gasteiger charge is 2.02. The Labute approximate surface area is 134 Å². The number of carbonyl (C=O) groups excluding carboxylic acids is 1. The summed E-state index contributed by atoms with van der Waals surface area (Å²) in [5, 5.41) is 5.77. The van der Waals surface area contributed by atoms with Crippen LogP contribution in [-0.4, -0.2) is 25.1 Å². The molecule has 0 radical (unpaired) electrons. The molecule has 0 saturated carbocycles. The zero-order valence-corrected chi connectivity index (χ0v) is 13.2. The van der Waals surface area contributed by atoms with Gasteiger partial charge in [0.25, 0.3) is 0 Å². The quantitative estimate of drug-likeness (QED) is 0.671. The molecule has 0 atom stereocenters. The minimum Gasteiger partial charge on any atom is -0.465 e. The molecule has 5 nitrogen and oxygen atoms in total. The first-order valence-corrected chi connectivity index (χ1v) is 7.06. The molecular formula is C16H17N3O2S. The van der Waals surface area contributed by atoms with Crippen molar-refractivity contribution in [3.63, 3.8) is 0 Å². The summed E-state index contributed by atoms with van der Waals surface area (Å²) in [6.07, 6.45) is 4.48. The second-order valence-corrected chi connectivity index (χ2v) is 5.14. The topological polar surface area (TPSA) is 57.5 Å². The number of hydrogen-bond donors (Lipinski definition) is 2. The van der Waals surface area contributed by atoms with Crippen molar-refractivity contribution in [3.05, 3.63) is 54.5 Å². The van der Waals surface area contributed by atoms with E-state index in [1.54, 1.807) is 24.5 Å². The highest BCUT2D eigenvalue weighted by atomic mass is 32.1. The van der Waals surface area contributed by atoms with Crippen LogP contribution < -0.4 is 15.5 Å². The Kier molecular flexibility index (Phi) is 5.32. The van der Waals surface area contributed by atoms with Crippen molar-refractivity contribution in [2.45, 2.75) is 0 Å². The molecule has 1 aromatic heterocycles. The van der Waals surface area contributed by atoms with Crippen molar-refractivity contribution in [1.29, 1.82) is 0 Å². The maximum Gasteiger partial charge on any atom is 0.250 e. The molecule has 0 aliphatic carbocycles. The molecular weight excluding hydrogens is 298 g/mol. The molecule has 0 aliphatic rings. The van der Waals surface area contributed by atoms with Crippen LogP contribution in [-0.2, 0) is 4.79 Å². The van der Waals surface area contributed by atoms with Gasteiger partial charge in [-0.25, -0.2) is 0 Å². The second-order valence-electron chi connectivity index (χ2n) is 4.73. The monoisotopic (exact) mass is 315 g/mol. The largest absolute Gasteiger partial charge is 0.465 e. The van der Waals surface area contributed by atoms with Crippen LogP contribution in [0.2, 0.25) is 0 Å². The molecule has 2 aromatic rings. The van der Waals surface area contributed by atoms with E-state index in [-0.39, 0.29) is 11.0 Å². The summed E-state index contributed by atoms with van der Waals surface area (Å²) < 4.78 is 5.10. The zero-order valence-electron chi connectivity index (χ0n) is 12.4. The molecule has 0 aliphatic heterocycles. The average molecular weight is 315 g/mol. The van der Waals surface area contributed by atoms with Gasteiger partial charge >= 0.3 is 0 Å². The Morgan fingerprint density at radius 2 is 1.95 bits per heavy atom. The highest BCUT2D eigenvalue weighted by Crippen LogP contribution is 2.15. The molecule has 22 heavy (non-hydrogen) atoms. The Hall–Kier alpha value is -2.60. The van der Waals surface area contributed by atoms with Crippen LogP contribution in [0.5, 0.6) is 0 Å². The fourth-order valence-corrected chi connectivity index (χ4v) is 1.92. The van der Waals surface area contributed by atoms with Crippen molar-refractivity contribution in [3.8, 4) is 0 Å². The fraction of sp³-hybridized carbons (Fsp3) is 0.125. The molecule has 2 rings (SSSR count). The lowest BCUT2D eigenvalue weighted by atomic mass is 10.2. The highest BCUT2D eigenvalue weighted by molar-refractivity contribution is 7.80. The van der Waals surface area contributed by atoms with Crippen LogP contribution in [0.1, 0.15) is 5.76 Å². The number of amides is 1. The van der Waals surface area contributed by atoms with Crippen molar-refractivity contribution in [1.82, 2.24) is 5.32 Å². The van der Waals surface area contributed by atoms with Gasteiger partial charge in [-0.3, -0.25) is 10.1 Å². The smallest absolute Gasteiger partial charge is 0.250 e. The summed E-state index contributed by atoms with van der Waals surface area (Å²) >= 11 is 5.10. The average Bonchev–Trinajstić information content (AvgIpc) is 2.99. The van der Waals surface area contributed by atoms with Gasteiger partial charge in [-0.1, -0.05) is 0 Å². The Bertz CT molecular complexity index is 661. The molecule has 114 valence electrons. The molecule has 0 spiro atoms. The van der Waals surface area contributed by atoms with E-state index in [0.717, 1.165) is 11.4 Å². The van der Waals surface area contributed by atoms with Crippen molar-refractivity contribution in [2.24, 2.45) is 0 Å². The number of nitrogens with zero attached hydrogens (tertiary/aromatic N) is 1. The molecule has 0 fully saturated rings. The summed E-state index contributed by atoms with van der Waals surface area (Å²) in [5.74, 6) is 0.284. The number of hydrogen-bond acceptors (Lipinski definition) is 4. The van der Waals surface area contributed by atoms with E-state index in [1.807, 2.05) is 43.3 Å². The maximum atomic E-state index is 11.7. The number of furan rings is 1. The lowest BCUT2D eigenvalue weighted by molar-refractivity contribution is -0.115. The fourth-order valence-electron chi connectivity index (χ4n) is 1.70. The van der Waals surface area contributed by atoms with Crippen molar-refractivity contribution >= 4 is 40.7 Å². The Morgan fingerprint density at radius 1 is 1.23 bits per heavy atom. The Morgan fingerprint density at radius 3 is 2.55 bits per heavy atom. The van der Waals surface area contributed by atoms with Gasteiger partial charge in [-0.05, 0) is 54.7 Å². The second kappa shape index (κ2) is 7.42. The predicted molar refractivity (Wildman–Crippen MR) is 92.9 cm³/mol. The molecule has 0 unspecified atom stereocenters. The molecule has 1 aromatic carbocycles. The molecule has 6 heteroatoms. The van der Waals surface area contributed by atoms with Crippen LogP contribution in [0.25, 0.3) is 6.08 Å². The number of thiocarbonyl (C=S) groups is 1. The van der Waals surface area contributed by atoms with E-state index >= 15 is 0 Å². The molecule has 0 saturated heterocycles. The first-order chi connectivity index (χ1) is 10.5. The van der Waals surface area contributed by atoms with Gasteiger partial charge in [-0.15, -0.1) is 0 Å². The molecule has 1 amide bonds. The number of rotatable bonds is 4. The van der Waals surface area contributed by atoms with Crippen LogP contribution in [0.3, 0.4) is 0 Å². The summed E-state index contributed by atoms with van der Waals surface area (Å²) in [5.41, 5.74) is 1.90. The van der Waals surface area contributed by atoms with Crippen LogP contribution in [0, 0.1) is 0 Å². The summed E-state index contributed by atoms with van der Waals surface area (Å²) in [7, 11) is 3.94. The van der Waals surface area contributed by atoms with E-state index in [2.05, 4.69) is 10.6 Å². The number of nitrogens with one attached hydrogen (secondary N) is 2. The van der Waals surface area contributed by atoms with Crippen molar-refractivity contribution < 1.29 is 9.21 Å². The first-order valence-electron chi connectivity index (χ1n) is 6.65. The third-order valence-corrected chi connectivity index (χ3v) is 3.02. The number of benzene rings is 1. The number of carbonyl (C=O) groups is 1. The van der Waals surface area contributed by atoms with Crippen LogP contribution in [0.4, 0.5) is 11.4 Å².